The fourth-order valence-corrected chi connectivity index (χ4v) is 3.85. The topological polar surface area (TPSA) is 105 Å². The maximum atomic E-state index is 12.1. The number of aliphatic hydroxyl groups is 1. The first kappa shape index (κ1) is 23.0. The molecule has 0 aliphatic heterocycles. The largest absolute Gasteiger partial charge is 0.392 e. The first-order valence-corrected chi connectivity index (χ1v) is 11.0. The Morgan fingerprint density at radius 2 is 1.74 bits per heavy atom. The first-order chi connectivity index (χ1) is 15.0. The average molecular weight is 428 g/mol. The second-order valence-electron chi connectivity index (χ2n) is 8.15. The number of aliphatic hydroxyl groups excluding tert-OH is 1. The molecule has 8 heteroatoms. The fraction of sp³-hybridized carbons (Fsp3) is 0.522. The van der Waals surface area contributed by atoms with Crippen LogP contribution in [0.5, 0.6) is 0 Å². The number of aryl methyl sites for hydroxylation is 3. The lowest BCUT2D eigenvalue weighted by Crippen LogP contribution is -2.29. The summed E-state index contributed by atoms with van der Waals surface area (Å²) in [6.45, 7) is 1.39. The lowest BCUT2D eigenvalue weighted by atomic mass is 10.1. The molecular formula is C23H33N5O3. The Bertz CT molecular complexity index is 1080. The minimum atomic E-state index is -0.445. The minimum absolute atomic E-state index is 0.312. The zero-order valence-corrected chi connectivity index (χ0v) is 18.4. The molecule has 1 aromatic carbocycles. The van der Waals surface area contributed by atoms with Gasteiger partial charge in [-0.25, -0.2) is 9.78 Å². The van der Waals surface area contributed by atoms with Crippen LogP contribution in [0.1, 0.15) is 49.9 Å². The normalized spacial score (nSPS) is 12.5. The van der Waals surface area contributed by atoms with Gasteiger partial charge < -0.3 is 15.0 Å². The third-order valence-corrected chi connectivity index (χ3v) is 5.72. The molecule has 0 radical (unpaired) electrons. The van der Waals surface area contributed by atoms with Crippen LogP contribution < -0.4 is 16.6 Å². The number of nitrogens with one attached hydrogen (secondary N) is 2. The molecule has 3 aromatic rings. The van der Waals surface area contributed by atoms with E-state index in [-0.39, 0.29) is 6.10 Å². The van der Waals surface area contributed by atoms with Gasteiger partial charge in [-0.1, -0.05) is 56.0 Å². The summed E-state index contributed by atoms with van der Waals surface area (Å²) in [7, 11) is 3.43. The van der Waals surface area contributed by atoms with Gasteiger partial charge in [0.05, 0.1) is 6.10 Å². The SMILES string of the molecule is Cn1c(CCCCCCCC(O)CNCc2ccccc2)nc2c1c(=O)[nH]c(=O)n2C. The van der Waals surface area contributed by atoms with Crippen molar-refractivity contribution in [3.63, 3.8) is 0 Å². The van der Waals surface area contributed by atoms with Crippen molar-refractivity contribution in [2.45, 2.75) is 57.6 Å². The van der Waals surface area contributed by atoms with Gasteiger partial charge in [-0.05, 0) is 18.4 Å². The van der Waals surface area contributed by atoms with E-state index in [1.54, 1.807) is 11.6 Å². The molecule has 2 aromatic heterocycles. The van der Waals surface area contributed by atoms with Crippen LogP contribution in [0.15, 0.2) is 39.9 Å². The van der Waals surface area contributed by atoms with Crippen LogP contribution in [-0.4, -0.2) is 36.9 Å². The molecule has 1 unspecified atom stereocenters. The molecule has 3 N–H and O–H groups in total. The molecule has 0 spiro atoms. The molecule has 168 valence electrons. The summed E-state index contributed by atoms with van der Waals surface area (Å²) in [6.07, 6.45) is 6.52. The van der Waals surface area contributed by atoms with Gasteiger partial charge in [0.1, 0.15) is 5.82 Å². The molecule has 2 heterocycles. The summed E-state index contributed by atoms with van der Waals surface area (Å²) in [4.78, 5) is 30.6. The van der Waals surface area contributed by atoms with Crippen LogP contribution in [-0.2, 0) is 27.1 Å². The van der Waals surface area contributed by atoms with Gasteiger partial charge in [0.2, 0.25) is 0 Å². The van der Waals surface area contributed by atoms with Gasteiger partial charge in [-0.15, -0.1) is 0 Å². The number of benzene rings is 1. The van der Waals surface area contributed by atoms with Crippen LogP contribution in [0, 0.1) is 0 Å². The highest BCUT2D eigenvalue weighted by molar-refractivity contribution is 5.70. The molecule has 0 bridgehead atoms. The monoisotopic (exact) mass is 427 g/mol. The number of fused-ring (bicyclic) bond motifs is 1. The van der Waals surface area contributed by atoms with Crippen molar-refractivity contribution < 1.29 is 5.11 Å². The van der Waals surface area contributed by atoms with Gasteiger partial charge in [0.15, 0.2) is 11.2 Å². The van der Waals surface area contributed by atoms with Gasteiger partial charge >= 0.3 is 5.69 Å². The second kappa shape index (κ2) is 11.1. The highest BCUT2D eigenvalue weighted by Crippen LogP contribution is 2.13. The Labute approximate surface area is 182 Å². The summed E-state index contributed by atoms with van der Waals surface area (Å²) in [5.74, 6) is 0.821. The number of aromatic nitrogens is 4. The van der Waals surface area contributed by atoms with Gasteiger partial charge in [0, 0.05) is 33.6 Å². The van der Waals surface area contributed by atoms with E-state index in [0.29, 0.717) is 17.7 Å². The molecule has 1 atom stereocenters. The molecule has 0 saturated carbocycles. The Hall–Kier alpha value is -2.71. The lowest BCUT2D eigenvalue weighted by molar-refractivity contribution is 0.157. The van der Waals surface area contributed by atoms with Crippen LogP contribution in [0.3, 0.4) is 0 Å². The Kier molecular flexibility index (Phi) is 8.20. The maximum absolute atomic E-state index is 12.1. The number of H-pyrrole nitrogens is 1. The van der Waals surface area contributed by atoms with E-state index in [1.807, 2.05) is 25.2 Å². The summed E-state index contributed by atoms with van der Waals surface area (Å²) in [5, 5.41) is 13.4. The number of rotatable bonds is 12. The molecule has 0 aliphatic carbocycles. The summed E-state index contributed by atoms with van der Waals surface area (Å²) >= 11 is 0. The summed E-state index contributed by atoms with van der Waals surface area (Å²) in [6, 6.07) is 10.2. The van der Waals surface area contributed by atoms with Crippen LogP contribution in [0.2, 0.25) is 0 Å². The maximum Gasteiger partial charge on any atom is 0.329 e. The standard InChI is InChI=1S/C23H33N5O3/c1-27-19(25-21-20(27)22(30)26-23(31)28(21)2)14-10-5-3-4-9-13-18(29)16-24-15-17-11-7-6-8-12-17/h6-8,11-12,18,24,29H,3-5,9-10,13-16H2,1-2H3,(H,26,30,31). The molecule has 31 heavy (non-hydrogen) atoms. The van der Waals surface area contributed by atoms with Crippen molar-refractivity contribution in [3.8, 4) is 0 Å². The smallest absolute Gasteiger partial charge is 0.329 e. The minimum Gasteiger partial charge on any atom is -0.392 e. The van der Waals surface area contributed by atoms with Gasteiger partial charge in [0.25, 0.3) is 5.56 Å². The molecule has 3 rings (SSSR count). The van der Waals surface area contributed by atoms with Crippen molar-refractivity contribution in [1.82, 2.24) is 24.4 Å². The van der Waals surface area contributed by atoms with Crippen molar-refractivity contribution in [2.75, 3.05) is 6.54 Å². The summed E-state index contributed by atoms with van der Waals surface area (Å²) in [5.41, 5.74) is 1.26. The molecule has 0 fully saturated rings. The molecular weight excluding hydrogens is 394 g/mol. The number of aromatic amines is 1. The van der Waals surface area contributed by atoms with Crippen molar-refractivity contribution in [2.24, 2.45) is 14.1 Å². The van der Waals surface area contributed by atoms with Gasteiger partial charge in [-0.3, -0.25) is 14.3 Å². The third kappa shape index (κ3) is 6.15. The summed E-state index contributed by atoms with van der Waals surface area (Å²) < 4.78 is 3.16. The Balaban J connectivity index is 1.31. The predicted molar refractivity (Wildman–Crippen MR) is 122 cm³/mol. The number of nitrogens with zero attached hydrogens (tertiary/aromatic N) is 3. The third-order valence-electron chi connectivity index (χ3n) is 5.72. The number of imidazole rings is 1. The van der Waals surface area contributed by atoms with E-state index in [2.05, 4.69) is 27.4 Å². The van der Waals surface area contributed by atoms with Crippen molar-refractivity contribution in [3.05, 3.63) is 62.6 Å². The highest BCUT2D eigenvalue weighted by Gasteiger charge is 2.14. The molecule has 0 aliphatic rings. The van der Waals surface area contributed by atoms with Crippen LogP contribution in [0.25, 0.3) is 11.2 Å². The number of hydrogen-bond acceptors (Lipinski definition) is 5. The molecule has 8 nitrogen and oxygen atoms in total. The highest BCUT2D eigenvalue weighted by atomic mass is 16.3. The fourth-order valence-electron chi connectivity index (χ4n) is 3.85. The van der Waals surface area contributed by atoms with E-state index in [1.165, 1.54) is 10.1 Å². The molecule has 0 amide bonds. The molecule has 0 saturated heterocycles. The Morgan fingerprint density at radius 3 is 2.52 bits per heavy atom. The van der Waals surface area contributed by atoms with E-state index in [9.17, 15) is 14.7 Å². The van der Waals surface area contributed by atoms with Gasteiger partial charge in [-0.2, -0.15) is 0 Å². The zero-order valence-electron chi connectivity index (χ0n) is 18.4. The van der Waals surface area contributed by atoms with Crippen LogP contribution >= 0.6 is 0 Å². The van der Waals surface area contributed by atoms with Crippen LogP contribution in [0.4, 0.5) is 0 Å². The van der Waals surface area contributed by atoms with Crippen molar-refractivity contribution >= 4 is 11.2 Å². The lowest BCUT2D eigenvalue weighted by Gasteiger charge is -2.11. The first-order valence-electron chi connectivity index (χ1n) is 11.0. The van der Waals surface area contributed by atoms with E-state index in [0.717, 1.165) is 57.3 Å². The zero-order chi connectivity index (χ0) is 22.2. The number of unbranched alkanes of at least 4 members (excludes halogenated alkanes) is 4. The van der Waals surface area contributed by atoms with E-state index < -0.39 is 11.2 Å². The predicted octanol–water partition coefficient (Wildman–Crippen LogP) is 1.99. The van der Waals surface area contributed by atoms with E-state index in [4.69, 9.17) is 0 Å². The van der Waals surface area contributed by atoms with Crippen molar-refractivity contribution in [1.29, 1.82) is 0 Å². The van der Waals surface area contributed by atoms with E-state index >= 15 is 0 Å². The Morgan fingerprint density at radius 1 is 1.03 bits per heavy atom. The quantitative estimate of drug-likeness (QED) is 0.384. The number of hydrogen-bond donors (Lipinski definition) is 3. The average Bonchev–Trinajstić information content (AvgIpc) is 3.09. The second-order valence-corrected chi connectivity index (χ2v) is 8.15.